The number of benzene rings is 8. The molecule has 0 saturated carbocycles. The fraction of sp³-hybridized carbons (Fsp3) is 0. The minimum absolute atomic E-state index is 1.32. The van der Waals surface area contributed by atoms with Gasteiger partial charge in [-0.1, -0.05) is 267 Å². The summed E-state index contributed by atoms with van der Waals surface area (Å²) in [4.78, 5) is 5.28. The van der Waals surface area contributed by atoms with Gasteiger partial charge in [-0.2, -0.15) is 0 Å². The van der Waals surface area contributed by atoms with Crippen molar-refractivity contribution in [1.29, 1.82) is 0 Å². The summed E-state index contributed by atoms with van der Waals surface area (Å²) in [5, 5.41) is 11.2. The van der Waals surface area contributed by atoms with Crippen LogP contribution in [-0.4, -0.2) is 24.2 Å². The van der Waals surface area contributed by atoms with Gasteiger partial charge in [0.1, 0.15) is 0 Å². The fourth-order valence-corrected chi connectivity index (χ4v) is 34.6. The molecule has 0 unspecified atom stereocenters. The highest BCUT2D eigenvalue weighted by Crippen LogP contribution is 2.33. The average molecular weight is 1030 g/mol. The zero-order valence-electron chi connectivity index (χ0n) is 38.8. The van der Waals surface area contributed by atoms with Crippen LogP contribution in [0.25, 0.3) is 19.5 Å². The highest BCUT2D eigenvalue weighted by Gasteiger charge is 2.46. The molecule has 0 fully saturated rings. The third-order valence-electron chi connectivity index (χ3n) is 14.0. The van der Waals surface area contributed by atoms with Gasteiger partial charge in [0.05, 0.1) is 0 Å². The van der Waals surface area contributed by atoms with E-state index in [9.17, 15) is 0 Å². The van der Waals surface area contributed by atoms with E-state index in [1.54, 1.807) is 0 Å². The Labute approximate surface area is 436 Å². The third kappa shape index (κ3) is 7.89. The lowest BCUT2D eigenvalue weighted by Crippen LogP contribution is -2.74. The van der Waals surface area contributed by atoms with Crippen LogP contribution in [0.5, 0.6) is 0 Å². The number of thiophene rings is 4. The van der Waals surface area contributed by atoms with Gasteiger partial charge in [-0.25, -0.2) is 0 Å². The molecule has 12 rings (SSSR count). The van der Waals surface area contributed by atoms with E-state index in [0.717, 1.165) is 0 Å². The van der Waals surface area contributed by atoms with Gasteiger partial charge in [-0.15, -0.1) is 45.3 Å². The summed E-state index contributed by atoms with van der Waals surface area (Å²) in [6.45, 7) is 0. The van der Waals surface area contributed by atoms with Gasteiger partial charge in [0, 0.05) is 37.5 Å². The Kier molecular flexibility index (Phi) is 12.6. The molecule has 8 aromatic carbocycles. The zero-order chi connectivity index (χ0) is 47.5. The van der Waals surface area contributed by atoms with Crippen molar-refractivity contribution in [3.63, 3.8) is 0 Å². The van der Waals surface area contributed by atoms with Crippen LogP contribution in [0.3, 0.4) is 0 Å². The summed E-state index contributed by atoms with van der Waals surface area (Å²) in [5.41, 5.74) is 0. The van der Waals surface area contributed by atoms with Gasteiger partial charge in [0.25, 0.3) is 0 Å². The molecule has 12 aromatic rings. The molecule has 0 aliphatic rings. The average Bonchev–Trinajstić information content (AvgIpc) is 4.32. The molecular formula is C64H48S4Si3. The first kappa shape index (κ1) is 45.4. The summed E-state index contributed by atoms with van der Waals surface area (Å²) < 4.78 is 5.78. The van der Waals surface area contributed by atoms with Crippen molar-refractivity contribution < 1.29 is 0 Å². The summed E-state index contributed by atoms with van der Waals surface area (Å²) in [7, 11) is -8.16. The van der Waals surface area contributed by atoms with Crippen molar-refractivity contribution in [3.05, 3.63) is 291 Å². The van der Waals surface area contributed by atoms with E-state index in [1.807, 2.05) is 45.3 Å². The van der Waals surface area contributed by atoms with Crippen LogP contribution in [0.15, 0.2) is 291 Å². The van der Waals surface area contributed by atoms with Crippen LogP contribution in [0, 0.1) is 0 Å². The molecular weight excluding hydrogens is 981 g/mol. The second-order valence-electron chi connectivity index (χ2n) is 17.8. The molecule has 0 spiro atoms. The van der Waals surface area contributed by atoms with E-state index in [2.05, 4.69) is 291 Å². The van der Waals surface area contributed by atoms with E-state index < -0.39 is 24.2 Å². The minimum atomic E-state index is -2.84. The fourth-order valence-electron chi connectivity index (χ4n) is 10.9. The minimum Gasteiger partial charge on any atom is -0.143 e. The Balaban J connectivity index is 1.01. The lowest BCUT2D eigenvalue weighted by molar-refractivity contribution is 1.69. The smallest absolute Gasteiger partial charge is 0.143 e. The van der Waals surface area contributed by atoms with Crippen LogP contribution in [0.4, 0.5) is 0 Å². The Morgan fingerprint density at radius 2 is 0.310 bits per heavy atom. The van der Waals surface area contributed by atoms with E-state index >= 15 is 0 Å². The highest BCUT2D eigenvalue weighted by molar-refractivity contribution is 7.46. The Bertz CT molecular complexity index is 3190. The summed E-state index contributed by atoms with van der Waals surface area (Å²) in [5.74, 6) is 0. The highest BCUT2D eigenvalue weighted by atomic mass is 32.1. The molecule has 0 atom stereocenters. The molecule has 0 aliphatic heterocycles. The standard InChI is InChI=1S/C64H48S4Si3/c1-9-25-49(26-10-1)69(50-27-11-2-12-28-50,51-29-13-3-14-30-51)61-45-41-57(65-61)59-43-47-63(67-59)71(55-37-21-7-22-38-55,56-39-23-8-24-40-56)64-48-44-60(68-64)58-42-46-62(66-58)70(52-31-15-4-16-32-52,53-33-17-5-18-34-53)54-35-19-6-20-36-54/h1-48H. The molecule has 4 aromatic heterocycles. The number of hydrogen-bond acceptors (Lipinski definition) is 4. The Morgan fingerprint density at radius 1 is 0.155 bits per heavy atom. The quantitative estimate of drug-likeness (QED) is 0.0753. The van der Waals surface area contributed by atoms with E-state index in [1.165, 1.54) is 79.0 Å². The predicted molar refractivity (Wildman–Crippen MR) is 320 cm³/mol. The van der Waals surface area contributed by atoms with Crippen molar-refractivity contribution in [3.8, 4) is 19.5 Å². The van der Waals surface area contributed by atoms with Crippen LogP contribution in [0.2, 0.25) is 0 Å². The number of rotatable bonds is 14. The van der Waals surface area contributed by atoms with Crippen LogP contribution in [-0.2, 0) is 0 Å². The summed E-state index contributed by atoms with van der Waals surface area (Å²) in [6, 6.07) is 110. The molecule has 7 heteroatoms. The monoisotopic (exact) mass is 1030 g/mol. The van der Waals surface area contributed by atoms with E-state index in [-0.39, 0.29) is 0 Å². The Morgan fingerprint density at radius 3 is 0.493 bits per heavy atom. The molecule has 0 nitrogen and oxygen atoms in total. The van der Waals surface area contributed by atoms with Crippen LogP contribution < -0.4 is 59.5 Å². The second kappa shape index (κ2) is 19.8. The molecule has 0 aliphatic carbocycles. The summed E-state index contributed by atoms with van der Waals surface area (Å²) in [6.07, 6.45) is 0. The van der Waals surface area contributed by atoms with Crippen molar-refractivity contribution in [1.82, 2.24) is 0 Å². The van der Waals surface area contributed by atoms with Crippen molar-refractivity contribution >= 4 is 129 Å². The lowest BCUT2D eigenvalue weighted by atomic mass is 10.3. The normalized spacial score (nSPS) is 11.9. The van der Waals surface area contributed by atoms with Gasteiger partial charge >= 0.3 is 0 Å². The topological polar surface area (TPSA) is 0 Å². The number of hydrogen-bond donors (Lipinski definition) is 0. The molecule has 0 amide bonds. The van der Waals surface area contributed by atoms with E-state index in [4.69, 9.17) is 0 Å². The molecule has 0 radical (unpaired) electrons. The largest absolute Gasteiger partial charge is 0.202 e. The molecule has 0 N–H and O–H groups in total. The maximum Gasteiger partial charge on any atom is 0.202 e. The first-order valence-corrected chi connectivity index (χ1v) is 33.3. The van der Waals surface area contributed by atoms with Gasteiger partial charge in [-0.3, -0.25) is 0 Å². The first-order valence-electron chi connectivity index (χ1n) is 24.1. The molecule has 71 heavy (non-hydrogen) atoms. The van der Waals surface area contributed by atoms with Gasteiger partial charge < -0.3 is 0 Å². The Hall–Kier alpha value is -6.79. The first-order chi connectivity index (χ1) is 35.2. The maximum atomic E-state index is 2.48. The van der Waals surface area contributed by atoms with Gasteiger partial charge in [0.15, 0.2) is 16.1 Å². The van der Waals surface area contributed by atoms with Gasteiger partial charge in [-0.05, 0) is 65.8 Å². The molecule has 4 heterocycles. The maximum absolute atomic E-state index is 2.84. The SMILES string of the molecule is c1ccc([Si](c2ccccc2)(c2ccccc2)c2ccc(-c3ccc([Si](c4ccccc4)(c4ccccc4)c4ccc(-c5ccc([Si](c6ccccc6)(c6ccccc6)c6ccccc6)s5)s4)s3)s2)cc1. The van der Waals surface area contributed by atoms with Gasteiger partial charge in [0.2, 0.25) is 8.07 Å². The molecule has 340 valence electrons. The predicted octanol–water partition coefficient (Wildman–Crippen LogP) is 9.40. The third-order valence-corrected chi connectivity index (χ3v) is 36.1. The molecule has 0 saturated heterocycles. The molecule has 0 bridgehead atoms. The van der Waals surface area contributed by atoms with Crippen molar-refractivity contribution in [2.45, 2.75) is 0 Å². The van der Waals surface area contributed by atoms with Crippen LogP contribution >= 0.6 is 45.3 Å². The van der Waals surface area contributed by atoms with Crippen LogP contribution in [0.1, 0.15) is 0 Å². The summed E-state index contributed by atoms with van der Waals surface area (Å²) >= 11 is 7.96. The van der Waals surface area contributed by atoms with Crippen molar-refractivity contribution in [2.75, 3.05) is 0 Å². The zero-order valence-corrected chi connectivity index (χ0v) is 45.1. The lowest BCUT2D eigenvalue weighted by Gasteiger charge is -2.32. The second-order valence-corrected chi connectivity index (χ2v) is 34.9. The van der Waals surface area contributed by atoms with Crippen molar-refractivity contribution in [2.24, 2.45) is 0 Å². The van der Waals surface area contributed by atoms with E-state index in [0.29, 0.717) is 0 Å².